The summed E-state index contributed by atoms with van der Waals surface area (Å²) in [4.78, 5) is 3.39. The maximum Gasteiger partial charge on any atom is 0.573 e. The summed E-state index contributed by atoms with van der Waals surface area (Å²) in [6.45, 7) is 1.25. The monoisotopic (exact) mass is 629 g/mol. The Hall–Kier alpha value is -4.57. The maximum atomic E-state index is 15.6. The Morgan fingerprint density at radius 3 is 2.21 bits per heavy atom. The lowest BCUT2D eigenvalue weighted by Crippen LogP contribution is -2.31. The van der Waals surface area contributed by atoms with Gasteiger partial charge in [0.05, 0.1) is 22.0 Å². The van der Waals surface area contributed by atoms with Crippen LogP contribution in [0.2, 0.25) is 0 Å². The van der Waals surface area contributed by atoms with Crippen molar-refractivity contribution >= 4 is 21.2 Å². The molecular weight excluding hydrogens is 607 g/mol. The highest BCUT2D eigenvalue weighted by Crippen LogP contribution is 2.38. The van der Waals surface area contributed by atoms with Crippen LogP contribution in [0, 0.1) is 12.7 Å². The van der Waals surface area contributed by atoms with Crippen LogP contribution in [-0.2, 0) is 16.0 Å². The third kappa shape index (κ3) is 6.91. The highest BCUT2D eigenvalue weighted by molar-refractivity contribution is 7.90. The second-order valence-corrected chi connectivity index (χ2v) is 11.2. The second-order valence-electron chi connectivity index (χ2n) is 9.16. The number of anilines is 1. The Morgan fingerprint density at radius 2 is 1.67 bits per heavy atom. The predicted octanol–water partition coefficient (Wildman–Crippen LogP) is 5.95. The fourth-order valence-corrected chi connectivity index (χ4v) is 4.85. The van der Waals surface area contributed by atoms with Crippen LogP contribution >= 0.6 is 0 Å². The number of hydrazine groups is 1. The van der Waals surface area contributed by atoms with Crippen LogP contribution in [0.5, 0.6) is 5.75 Å². The van der Waals surface area contributed by atoms with Crippen LogP contribution in [0.25, 0.3) is 22.5 Å². The fraction of sp³-hybridized carbons (Fsp3) is 0.148. The van der Waals surface area contributed by atoms with Gasteiger partial charge in [-0.1, -0.05) is 12.1 Å². The average molecular weight is 630 g/mol. The van der Waals surface area contributed by atoms with E-state index in [-0.39, 0.29) is 44.5 Å². The second kappa shape index (κ2) is 11.3. The van der Waals surface area contributed by atoms with Crippen LogP contribution in [0.1, 0.15) is 17.1 Å². The van der Waals surface area contributed by atoms with Gasteiger partial charge in [-0.25, -0.2) is 23.6 Å². The van der Waals surface area contributed by atoms with E-state index in [1.807, 2.05) is 0 Å². The number of aromatic nitrogens is 2. The molecule has 0 fully saturated rings. The van der Waals surface area contributed by atoms with Gasteiger partial charge in [0.2, 0.25) is 0 Å². The molecular formula is C27H22F7N5O3S. The Bertz CT molecular complexity index is 1800. The number of nitrogens with zero attached hydrogens (tertiary/aromatic N) is 3. The molecule has 0 radical (unpaired) electrons. The SMILES string of the molecule is Cc1nc(C(F)(F)F)cn1-c1cc(F)c(-c2cccc(S(C)(=O)=O)c2)cc1N(N)/C(=C\N)c1ccc(OC(F)(F)F)cc1. The molecule has 43 heavy (non-hydrogen) atoms. The zero-order valence-corrected chi connectivity index (χ0v) is 23.0. The van der Waals surface area contributed by atoms with Crippen molar-refractivity contribution in [3.63, 3.8) is 0 Å². The quantitative estimate of drug-likeness (QED) is 0.148. The highest BCUT2D eigenvalue weighted by Gasteiger charge is 2.35. The van der Waals surface area contributed by atoms with Crippen molar-refractivity contribution in [2.24, 2.45) is 11.6 Å². The summed E-state index contributed by atoms with van der Waals surface area (Å²) in [5.41, 5.74) is 4.26. The molecule has 1 heterocycles. The number of benzene rings is 3. The van der Waals surface area contributed by atoms with Gasteiger partial charge in [-0.05, 0) is 55.0 Å². The van der Waals surface area contributed by atoms with Crippen LogP contribution in [0.3, 0.4) is 0 Å². The molecule has 16 heteroatoms. The van der Waals surface area contributed by atoms with E-state index in [9.17, 15) is 34.8 Å². The number of aryl methyl sites for hydroxylation is 1. The molecule has 3 aromatic carbocycles. The standard InChI is InChI=1S/C27H22F7N5O3S/c1-15-37-25(26(29,30)31)14-38(15)22-12-21(28)20(17-4-3-5-19(10-17)43(2,40)41)11-23(22)39(36)24(13-35)16-6-8-18(9-7-16)42-27(32,33)34/h3-14H,35-36H2,1-2H3/b24-13-. The molecule has 0 atom stereocenters. The highest BCUT2D eigenvalue weighted by atomic mass is 32.2. The lowest BCUT2D eigenvalue weighted by atomic mass is 10.0. The fourth-order valence-electron chi connectivity index (χ4n) is 4.18. The first-order valence-electron chi connectivity index (χ1n) is 12.0. The molecule has 0 aliphatic carbocycles. The van der Waals surface area contributed by atoms with Crippen molar-refractivity contribution in [3.05, 3.63) is 96.0 Å². The Morgan fingerprint density at radius 1 is 1.02 bits per heavy atom. The van der Waals surface area contributed by atoms with E-state index in [0.29, 0.717) is 6.20 Å². The topological polar surface area (TPSA) is 116 Å². The predicted molar refractivity (Wildman–Crippen MR) is 144 cm³/mol. The van der Waals surface area contributed by atoms with E-state index in [2.05, 4.69) is 9.72 Å². The Kier molecular flexibility index (Phi) is 8.21. The third-order valence-corrected chi connectivity index (χ3v) is 7.24. The van der Waals surface area contributed by atoms with E-state index in [4.69, 9.17) is 11.6 Å². The first kappa shape index (κ1) is 31.4. The van der Waals surface area contributed by atoms with Crippen molar-refractivity contribution in [3.8, 4) is 22.6 Å². The van der Waals surface area contributed by atoms with E-state index in [0.717, 1.165) is 40.2 Å². The van der Waals surface area contributed by atoms with Gasteiger partial charge in [0, 0.05) is 35.8 Å². The average Bonchev–Trinajstić information content (AvgIpc) is 3.30. The molecule has 228 valence electrons. The molecule has 0 saturated heterocycles. The van der Waals surface area contributed by atoms with Crippen molar-refractivity contribution in [2.75, 3.05) is 11.3 Å². The van der Waals surface area contributed by atoms with Gasteiger partial charge in [0.25, 0.3) is 0 Å². The number of alkyl halides is 6. The number of hydrogen-bond acceptors (Lipinski definition) is 7. The number of hydrogen-bond donors (Lipinski definition) is 2. The molecule has 4 N–H and O–H groups in total. The van der Waals surface area contributed by atoms with E-state index in [1.54, 1.807) is 0 Å². The normalized spacial score (nSPS) is 12.8. The summed E-state index contributed by atoms with van der Waals surface area (Å²) >= 11 is 0. The molecule has 1 aromatic heterocycles. The minimum atomic E-state index is -4.94. The van der Waals surface area contributed by atoms with Gasteiger partial charge in [-0.3, -0.25) is 5.01 Å². The first-order valence-corrected chi connectivity index (χ1v) is 13.9. The summed E-state index contributed by atoms with van der Waals surface area (Å²) in [5, 5.41) is 0.894. The minimum absolute atomic E-state index is 0.0453. The number of halogens is 7. The van der Waals surface area contributed by atoms with E-state index >= 15 is 4.39 Å². The Labute approximate surface area is 240 Å². The smallest absolute Gasteiger partial charge is 0.406 e. The van der Waals surface area contributed by atoms with Crippen LogP contribution < -0.4 is 21.3 Å². The zero-order valence-electron chi connectivity index (χ0n) is 22.2. The molecule has 0 aliphatic heterocycles. The van der Waals surface area contributed by atoms with Gasteiger partial charge in [0.15, 0.2) is 15.5 Å². The number of nitrogens with two attached hydrogens (primary N) is 2. The van der Waals surface area contributed by atoms with Crippen LogP contribution in [0.4, 0.5) is 36.4 Å². The van der Waals surface area contributed by atoms with Gasteiger partial charge >= 0.3 is 12.5 Å². The molecule has 0 bridgehead atoms. The van der Waals surface area contributed by atoms with Crippen molar-refractivity contribution < 1.29 is 43.9 Å². The molecule has 0 spiro atoms. The lowest BCUT2D eigenvalue weighted by molar-refractivity contribution is -0.274. The summed E-state index contributed by atoms with van der Waals surface area (Å²) < 4.78 is 123. The van der Waals surface area contributed by atoms with Gasteiger partial charge in [-0.15, -0.1) is 13.2 Å². The lowest BCUT2D eigenvalue weighted by Gasteiger charge is -2.26. The summed E-state index contributed by atoms with van der Waals surface area (Å²) in [6.07, 6.45) is -7.19. The summed E-state index contributed by atoms with van der Waals surface area (Å²) in [7, 11) is -3.69. The first-order chi connectivity index (χ1) is 19.9. The van der Waals surface area contributed by atoms with Crippen LogP contribution in [-0.4, -0.2) is 30.6 Å². The van der Waals surface area contributed by atoms with Gasteiger partial charge in [0.1, 0.15) is 17.4 Å². The molecule has 4 aromatic rings. The molecule has 0 unspecified atom stereocenters. The molecule has 4 rings (SSSR count). The number of rotatable bonds is 7. The van der Waals surface area contributed by atoms with E-state index in [1.165, 1.54) is 49.4 Å². The molecule has 0 saturated carbocycles. The zero-order chi connectivity index (χ0) is 31.9. The largest absolute Gasteiger partial charge is 0.573 e. The van der Waals surface area contributed by atoms with Crippen LogP contribution in [0.15, 0.2) is 78.0 Å². The van der Waals surface area contributed by atoms with E-state index < -0.39 is 39.6 Å². The molecule has 8 nitrogen and oxygen atoms in total. The number of ether oxygens (including phenoxy) is 1. The Balaban J connectivity index is 1.91. The number of sulfone groups is 1. The number of imidazole rings is 1. The van der Waals surface area contributed by atoms with Crippen molar-refractivity contribution in [1.82, 2.24) is 9.55 Å². The van der Waals surface area contributed by atoms with Crippen molar-refractivity contribution in [1.29, 1.82) is 0 Å². The van der Waals surface area contributed by atoms with Gasteiger partial charge in [-0.2, -0.15) is 13.2 Å². The summed E-state index contributed by atoms with van der Waals surface area (Å²) in [6, 6.07) is 11.7. The molecule has 0 aliphatic rings. The molecule has 0 amide bonds. The minimum Gasteiger partial charge on any atom is -0.406 e. The van der Waals surface area contributed by atoms with Crippen molar-refractivity contribution in [2.45, 2.75) is 24.4 Å². The maximum absolute atomic E-state index is 15.6. The summed E-state index contributed by atoms with van der Waals surface area (Å²) in [5.74, 6) is 4.74. The van der Waals surface area contributed by atoms with Gasteiger partial charge < -0.3 is 15.0 Å². The third-order valence-electron chi connectivity index (χ3n) is 6.13.